The fourth-order valence-corrected chi connectivity index (χ4v) is 4.86. The van der Waals surface area contributed by atoms with Gasteiger partial charge in [-0.3, -0.25) is 4.79 Å². The quantitative estimate of drug-likeness (QED) is 0.719. The second kappa shape index (κ2) is 3.46. The third-order valence-electron chi connectivity index (χ3n) is 5.70. The highest BCUT2D eigenvalue weighted by Gasteiger charge is 2.67. The van der Waals surface area contributed by atoms with Gasteiger partial charge in [0.15, 0.2) is 5.78 Å². The Balaban J connectivity index is 1.64. The van der Waals surface area contributed by atoms with Gasteiger partial charge in [-0.15, -0.1) is 0 Å². The van der Waals surface area contributed by atoms with Gasteiger partial charge >= 0.3 is 0 Å². The molecule has 3 aliphatic carbocycles. The van der Waals surface area contributed by atoms with Crippen molar-refractivity contribution in [2.24, 2.45) is 29.6 Å². The third-order valence-corrected chi connectivity index (χ3v) is 5.70. The van der Waals surface area contributed by atoms with Gasteiger partial charge in [-0.2, -0.15) is 0 Å². The molecule has 3 fully saturated rings. The van der Waals surface area contributed by atoms with Crippen LogP contribution in [0.1, 0.15) is 40.7 Å². The molecule has 2 bridgehead atoms. The fourth-order valence-electron chi connectivity index (χ4n) is 4.86. The lowest BCUT2D eigenvalue weighted by Gasteiger charge is -2.10. The molecule has 3 aliphatic rings. The van der Waals surface area contributed by atoms with Crippen LogP contribution in [-0.4, -0.2) is 5.78 Å². The molecule has 0 heterocycles. The lowest BCUT2D eigenvalue weighted by molar-refractivity contribution is 0.0944. The van der Waals surface area contributed by atoms with Crippen LogP contribution in [0.25, 0.3) is 0 Å². The molecule has 1 nitrogen and oxygen atoms in total. The summed E-state index contributed by atoms with van der Waals surface area (Å²) < 4.78 is 0. The third kappa shape index (κ3) is 1.31. The summed E-state index contributed by atoms with van der Waals surface area (Å²) in [5.74, 6) is 4.13. The van der Waals surface area contributed by atoms with Crippen molar-refractivity contribution in [2.45, 2.75) is 33.1 Å². The van der Waals surface area contributed by atoms with Gasteiger partial charge in [0, 0.05) is 11.5 Å². The number of aryl methyl sites for hydroxylation is 2. The van der Waals surface area contributed by atoms with E-state index in [9.17, 15) is 4.79 Å². The molecular weight excluding hydrogens is 220 g/mol. The highest BCUT2D eigenvalue weighted by molar-refractivity contribution is 6.01. The molecule has 3 saturated carbocycles. The van der Waals surface area contributed by atoms with Crippen LogP contribution < -0.4 is 0 Å². The summed E-state index contributed by atoms with van der Waals surface area (Å²) in [6, 6.07) is 6.28. The number of fused-ring (bicyclic) bond motifs is 5. The van der Waals surface area contributed by atoms with Crippen molar-refractivity contribution >= 4 is 5.78 Å². The summed E-state index contributed by atoms with van der Waals surface area (Å²) >= 11 is 0. The molecule has 0 radical (unpaired) electrons. The van der Waals surface area contributed by atoms with Crippen LogP contribution in [0.4, 0.5) is 0 Å². The summed E-state index contributed by atoms with van der Waals surface area (Å²) in [7, 11) is 0. The summed E-state index contributed by atoms with van der Waals surface area (Å²) in [6.45, 7) is 4.15. The van der Waals surface area contributed by atoms with E-state index in [1.54, 1.807) is 0 Å². The highest BCUT2D eigenvalue weighted by Crippen LogP contribution is 2.69. The normalized spacial score (nSPS) is 39.8. The average Bonchev–Trinajstić information content (AvgIpc) is 2.79. The predicted molar refractivity (Wildman–Crippen MR) is 71.5 cm³/mol. The van der Waals surface area contributed by atoms with Crippen molar-refractivity contribution in [2.75, 3.05) is 0 Å². The number of Topliss-reactive ketones (excluding diaryl/α,β-unsaturated/α-hetero) is 1. The van der Waals surface area contributed by atoms with Gasteiger partial charge in [0.1, 0.15) is 0 Å². The minimum atomic E-state index is 0.386. The minimum absolute atomic E-state index is 0.386. The van der Waals surface area contributed by atoms with E-state index >= 15 is 0 Å². The van der Waals surface area contributed by atoms with Crippen molar-refractivity contribution in [3.63, 3.8) is 0 Å². The predicted octanol–water partition coefficient (Wildman–Crippen LogP) is 3.78. The van der Waals surface area contributed by atoms with E-state index in [0.717, 1.165) is 34.8 Å². The van der Waals surface area contributed by atoms with Crippen LogP contribution in [0.3, 0.4) is 0 Å². The second-order valence-electron chi connectivity index (χ2n) is 6.70. The summed E-state index contributed by atoms with van der Waals surface area (Å²) in [6.07, 6.45) is 4.21. The Kier molecular flexibility index (Phi) is 2.07. The van der Waals surface area contributed by atoms with Gasteiger partial charge in [-0.1, -0.05) is 17.7 Å². The maximum Gasteiger partial charge on any atom is 0.166 e. The van der Waals surface area contributed by atoms with E-state index in [0.29, 0.717) is 11.7 Å². The molecule has 0 aromatic heterocycles. The molecule has 94 valence electrons. The fraction of sp³-hybridized carbons (Fsp3) is 0.588. The van der Waals surface area contributed by atoms with Crippen LogP contribution in [0.2, 0.25) is 0 Å². The van der Waals surface area contributed by atoms with Gasteiger partial charge in [0.25, 0.3) is 0 Å². The maximum atomic E-state index is 12.7. The Bertz CT molecular complexity index is 514. The van der Waals surface area contributed by atoms with E-state index in [2.05, 4.69) is 32.0 Å². The number of carbonyl (C=O) groups is 1. The summed E-state index contributed by atoms with van der Waals surface area (Å²) in [5, 5.41) is 0. The zero-order valence-electron chi connectivity index (χ0n) is 11.1. The van der Waals surface area contributed by atoms with Crippen molar-refractivity contribution in [3.05, 3.63) is 34.9 Å². The van der Waals surface area contributed by atoms with Crippen molar-refractivity contribution < 1.29 is 4.79 Å². The number of hydrogen-bond donors (Lipinski definition) is 0. The first kappa shape index (κ1) is 10.8. The first-order valence-electron chi connectivity index (χ1n) is 7.28. The van der Waals surface area contributed by atoms with Gasteiger partial charge in [-0.05, 0) is 68.4 Å². The zero-order chi connectivity index (χ0) is 12.4. The molecule has 0 aliphatic heterocycles. The lowest BCUT2D eigenvalue weighted by Crippen LogP contribution is -2.11. The SMILES string of the molecule is Cc1ccc(C)c(C(=O)C2C3C4CCC(C4)C23)c1. The van der Waals surface area contributed by atoms with Gasteiger partial charge in [0.05, 0.1) is 0 Å². The van der Waals surface area contributed by atoms with Gasteiger partial charge in [0.2, 0.25) is 0 Å². The van der Waals surface area contributed by atoms with Gasteiger partial charge in [-0.25, -0.2) is 0 Å². The summed E-state index contributed by atoms with van der Waals surface area (Å²) in [4.78, 5) is 12.7. The van der Waals surface area contributed by atoms with Crippen LogP contribution in [-0.2, 0) is 0 Å². The molecule has 0 saturated heterocycles. The Morgan fingerprint density at radius 1 is 1.11 bits per heavy atom. The monoisotopic (exact) mass is 240 g/mol. The number of ketones is 1. The molecule has 1 aromatic rings. The van der Waals surface area contributed by atoms with Gasteiger partial charge < -0.3 is 0 Å². The molecule has 0 amide bonds. The molecule has 4 rings (SSSR count). The molecular formula is C17H20O. The Labute approximate surface area is 109 Å². The number of hydrogen-bond acceptors (Lipinski definition) is 1. The first-order valence-corrected chi connectivity index (χ1v) is 7.28. The number of carbonyl (C=O) groups excluding carboxylic acids is 1. The van der Waals surface area contributed by atoms with Crippen LogP contribution in [0.5, 0.6) is 0 Å². The van der Waals surface area contributed by atoms with E-state index in [1.165, 1.54) is 24.8 Å². The lowest BCUT2D eigenvalue weighted by atomic mass is 9.93. The van der Waals surface area contributed by atoms with Crippen molar-refractivity contribution in [1.82, 2.24) is 0 Å². The molecule has 4 atom stereocenters. The second-order valence-corrected chi connectivity index (χ2v) is 6.70. The van der Waals surface area contributed by atoms with Crippen LogP contribution in [0, 0.1) is 43.4 Å². The minimum Gasteiger partial charge on any atom is -0.294 e. The van der Waals surface area contributed by atoms with E-state index < -0.39 is 0 Å². The maximum absolute atomic E-state index is 12.7. The molecule has 0 spiro atoms. The molecule has 1 aromatic carbocycles. The highest BCUT2D eigenvalue weighted by atomic mass is 16.1. The summed E-state index contributed by atoms with van der Waals surface area (Å²) in [5.41, 5.74) is 3.36. The topological polar surface area (TPSA) is 17.1 Å². The van der Waals surface area contributed by atoms with Crippen molar-refractivity contribution in [3.8, 4) is 0 Å². The van der Waals surface area contributed by atoms with E-state index in [4.69, 9.17) is 0 Å². The Morgan fingerprint density at radius 3 is 2.44 bits per heavy atom. The molecule has 4 unspecified atom stereocenters. The molecule has 1 heteroatoms. The average molecular weight is 240 g/mol. The molecule has 0 N–H and O–H groups in total. The van der Waals surface area contributed by atoms with E-state index in [1.807, 2.05) is 0 Å². The Morgan fingerprint density at radius 2 is 1.78 bits per heavy atom. The van der Waals surface area contributed by atoms with Crippen molar-refractivity contribution in [1.29, 1.82) is 0 Å². The Hall–Kier alpha value is -1.11. The standard InChI is InChI=1S/C17H20O/c1-9-3-4-10(2)13(7-9)17(18)16-14-11-5-6-12(8-11)15(14)16/h3-4,7,11-12,14-16H,5-6,8H2,1-2H3. The number of rotatable bonds is 2. The largest absolute Gasteiger partial charge is 0.294 e. The van der Waals surface area contributed by atoms with Crippen LogP contribution in [0.15, 0.2) is 18.2 Å². The first-order chi connectivity index (χ1) is 8.66. The van der Waals surface area contributed by atoms with Crippen LogP contribution >= 0.6 is 0 Å². The molecule has 18 heavy (non-hydrogen) atoms. The number of benzene rings is 1. The zero-order valence-corrected chi connectivity index (χ0v) is 11.1. The van der Waals surface area contributed by atoms with E-state index in [-0.39, 0.29) is 0 Å². The smallest absolute Gasteiger partial charge is 0.166 e.